The molecule has 0 spiro atoms. The molecular formula is C19H20N6. The molecule has 3 aromatic heterocycles. The first-order valence-electron chi connectivity index (χ1n) is 8.28. The summed E-state index contributed by atoms with van der Waals surface area (Å²) in [6, 6.07) is 14.8. The predicted molar refractivity (Wildman–Crippen MR) is 96.4 cm³/mol. The molecule has 0 fully saturated rings. The maximum atomic E-state index is 4.68. The van der Waals surface area contributed by atoms with Crippen LogP contribution < -0.4 is 0 Å². The predicted octanol–water partition coefficient (Wildman–Crippen LogP) is 3.11. The standard InChI is InChI=1S/C19H20N6/c1-15(16-6-8-18(9-7-16)25-14-20-13-21-25)23(2)11-17-12-24-10-4-3-5-19(24)22-17/h3-10,12-15H,11H2,1-2H3/t15-/m1/s1. The Bertz CT molecular complexity index is 922. The molecule has 6 nitrogen and oxygen atoms in total. The van der Waals surface area contributed by atoms with Crippen molar-refractivity contribution in [2.24, 2.45) is 0 Å². The lowest BCUT2D eigenvalue weighted by molar-refractivity contribution is 0.250. The number of hydrogen-bond donors (Lipinski definition) is 0. The summed E-state index contributed by atoms with van der Waals surface area (Å²) in [5.41, 5.74) is 4.32. The van der Waals surface area contributed by atoms with E-state index in [1.165, 1.54) is 5.56 Å². The zero-order chi connectivity index (χ0) is 17.2. The van der Waals surface area contributed by atoms with Crippen LogP contribution in [0.5, 0.6) is 0 Å². The van der Waals surface area contributed by atoms with E-state index in [0.29, 0.717) is 0 Å². The summed E-state index contributed by atoms with van der Waals surface area (Å²) in [5.74, 6) is 0. The Labute approximate surface area is 146 Å². The zero-order valence-corrected chi connectivity index (χ0v) is 14.3. The van der Waals surface area contributed by atoms with Crippen LogP contribution in [-0.4, -0.2) is 36.1 Å². The minimum Gasteiger partial charge on any atom is -0.307 e. The van der Waals surface area contributed by atoms with E-state index in [4.69, 9.17) is 0 Å². The second kappa shape index (κ2) is 6.49. The monoisotopic (exact) mass is 332 g/mol. The molecule has 0 saturated carbocycles. The van der Waals surface area contributed by atoms with Gasteiger partial charge < -0.3 is 4.40 Å². The summed E-state index contributed by atoms with van der Waals surface area (Å²) >= 11 is 0. The highest BCUT2D eigenvalue weighted by molar-refractivity contribution is 5.39. The second-order valence-electron chi connectivity index (χ2n) is 6.22. The summed E-state index contributed by atoms with van der Waals surface area (Å²) in [4.78, 5) is 11.0. The summed E-state index contributed by atoms with van der Waals surface area (Å²) in [5, 5.41) is 4.16. The Hall–Kier alpha value is -2.99. The third-order valence-electron chi connectivity index (χ3n) is 4.55. The van der Waals surface area contributed by atoms with Gasteiger partial charge in [-0.15, -0.1) is 0 Å². The summed E-state index contributed by atoms with van der Waals surface area (Å²) in [6.07, 6.45) is 7.36. The molecule has 0 radical (unpaired) electrons. The van der Waals surface area contributed by atoms with Gasteiger partial charge >= 0.3 is 0 Å². The Balaban J connectivity index is 1.48. The molecule has 1 aromatic carbocycles. The molecule has 6 heteroatoms. The molecular weight excluding hydrogens is 312 g/mol. The normalized spacial score (nSPS) is 12.8. The smallest absolute Gasteiger partial charge is 0.138 e. The molecule has 126 valence electrons. The van der Waals surface area contributed by atoms with Gasteiger partial charge in [-0.25, -0.2) is 14.6 Å². The Kier molecular flexibility index (Phi) is 4.03. The SMILES string of the molecule is C[C@H](c1ccc(-n2cncn2)cc1)N(C)Cc1cn2ccccc2n1. The maximum absolute atomic E-state index is 4.68. The molecule has 3 heterocycles. The number of nitrogens with zero attached hydrogens (tertiary/aromatic N) is 6. The van der Waals surface area contributed by atoms with Crippen LogP contribution >= 0.6 is 0 Å². The lowest BCUT2D eigenvalue weighted by atomic mass is 10.1. The number of imidazole rings is 1. The molecule has 0 amide bonds. The van der Waals surface area contributed by atoms with Crippen LogP contribution in [0.15, 0.2) is 67.5 Å². The molecule has 0 N–H and O–H groups in total. The largest absolute Gasteiger partial charge is 0.307 e. The fourth-order valence-electron chi connectivity index (χ4n) is 2.96. The molecule has 0 aliphatic carbocycles. The quantitative estimate of drug-likeness (QED) is 0.563. The van der Waals surface area contributed by atoms with Gasteiger partial charge in [0, 0.05) is 25.0 Å². The number of rotatable bonds is 5. The van der Waals surface area contributed by atoms with Crippen LogP contribution in [0.1, 0.15) is 24.2 Å². The minimum atomic E-state index is 0.287. The minimum absolute atomic E-state index is 0.287. The lowest BCUT2D eigenvalue weighted by Crippen LogP contribution is -2.22. The van der Waals surface area contributed by atoms with E-state index in [0.717, 1.165) is 23.6 Å². The van der Waals surface area contributed by atoms with Crippen LogP contribution in [-0.2, 0) is 6.54 Å². The van der Waals surface area contributed by atoms with Gasteiger partial charge in [-0.2, -0.15) is 5.10 Å². The average Bonchev–Trinajstić information content (AvgIpc) is 3.30. The van der Waals surface area contributed by atoms with Crippen LogP contribution in [0.25, 0.3) is 11.3 Å². The Morgan fingerprint density at radius 1 is 1.12 bits per heavy atom. The molecule has 0 aliphatic heterocycles. The van der Waals surface area contributed by atoms with E-state index in [-0.39, 0.29) is 6.04 Å². The summed E-state index contributed by atoms with van der Waals surface area (Å²) in [6.45, 7) is 3.01. The van der Waals surface area contributed by atoms with Crippen molar-refractivity contribution < 1.29 is 0 Å². The molecule has 0 unspecified atom stereocenters. The average molecular weight is 332 g/mol. The highest BCUT2D eigenvalue weighted by Gasteiger charge is 2.14. The van der Waals surface area contributed by atoms with Gasteiger partial charge in [-0.3, -0.25) is 4.90 Å². The first-order chi connectivity index (χ1) is 12.2. The molecule has 4 rings (SSSR count). The van der Waals surface area contributed by atoms with Crippen molar-refractivity contribution in [3.05, 3.63) is 78.8 Å². The third-order valence-corrected chi connectivity index (χ3v) is 4.55. The van der Waals surface area contributed by atoms with Crippen molar-refractivity contribution in [3.8, 4) is 5.69 Å². The van der Waals surface area contributed by atoms with Crippen molar-refractivity contribution >= 4 is 5.65 Å². The van der Waals surface area contributed by atoms with E-state index in [1.807, 2.05) is 24.4 Å². The molecule has 4 aromatic rings. The Morgan fingerprint density at radius 2 is 1.96 bits per heavy atom. The Morgan fingerprint density at radius 3 is 2.68 bits per heavy atom. The van der Waals surface area contributed by atoms with E-state index < -0.39 is 0 Å². The number of fused-ring (bicyclic) bond motifs is 1. The third kappa shape index (κ3) is 3.16. The molecule has 1 atom stereocenters. The molecule has 0 bridgehead atoms. The number of aromatic nitrogens is 5. The first-order valence-corrected chi connectivity index (χ1v) is 8.28. The highest BCUT2D eigenvalue weighted by atomic mass is 15.3. The fourth-order valence-corrected chi connectivity index (χ4v) is 2.96. The van der Waals surface area contributed by atoms with Gasteiger partial charge in [0.05, 0.1) is 11.4 Å². The van der Waals surface area contributed by atoms with Gasteiger partial charge in [-0.1, -0.05) is 18.2 Å². The van der Waals surface area contributed by atoms with Crippen LogP contribution in [0.2, 0.25) is 0 Å². The fraction of sp³-hybridized carbons (Fsp3) is 0.211. The lowest BCUT2D eigenvalue weighted by Gasteiger charge is -2.24. The van der Waals surface area contributed by atoms with Crippen molar-refractivity contribution in [2.75, 3.05) is 7.05 Å². The molecule has 0 saturated heterocycles. The van der Waals surface area contributed by atoms with E-state index in [2.05, 4.69) is 68.8 Å². The van der Waals surface area contributed by atoms with Crippen molar-refractivity contribution in [1.82, 2.24) is 29.0 Å². The van der Waals surface area contributed by atoms with Crippen molar-refractivity contribution in [3.63, 3.8) is 0 Å². The number of pyridine rings is 1. The number of hydrogen-bond acceptors (Lipinski definition) is 4. The second-order valence-corrected chi connectivity index (χ2v) is 6.22. The number of benzene rings is 1. The van der Waals surface area contributed by atoms with Crippen LogP contribution in [0.3, 0.4) is 0 Å². The van der Waals surface area contributed by atoms with Gasteiger partial charge in [-0.05, 0) is 43.8 Å². The van der Waals surface area contributed by atoms with Gasteiger partial charge in [0.15, 0.2) is 0 Å². The molecule has 0 aliphatic rings. The van der Waals surface area contributed by atoms with Crippen molar-refractivity contribution in [2.45, 2.75) is 19.5 Å². The van der Waals surface area contributed by atoms with Crippen LogP contribution in [0.4, 0.5) is 0 Å². The van der Waals surface area contributed by atoms with Gasteiger partial charge in [0.25, 0.3) is 0 Å². The topological polar surface area (TPSA) is 51.2 Å². The maximum Gasteiger partial charge on any atom is 0.138 e. The summed E-state index contributed by atoms with van der Waals surface area (Å²) < 4.78 is 3.82. The summed E-state index contributed by atoms with van der Waals surface area (Å²) in [7, 11) is 2.13. The van der Waals surface area contributed by atoms with Gasteiger partial charge in [0.1, 0.15) is 18.3 Å². The zero-order valence-electron chi connectivity index (χ0n) is 14.3. The molecule has 25 heavy (non-hydrogen) atoms. The highest BCUT2D eigenvalue weighted by Crippen LogP contribution is 2.22. The van der Waals surface area contributed by atoms with Gasteiger partial charge in [0.2, 0.25) is 0 Å². The van der Waals surface area contributed by atoms with E-state index in [9.17, 15) is 0 Å². The first kappa shape index (κ1) is 15.5. The van der Waals surface area contributed by atoms with Crippen LogP contribution in [0, 0.1) is 0 Å². The van der Waals surface area contributed by atoms with E-state index >= 15 is 0 Å². The van der Waals surface area contributed by atoms with Crippen molar-refractivity contribution in [1.29, 1.82) is 0 Å². The van der Waals surface area contributed by atoms with E-state index in [1.54, 1.807) is 17.3 Å².